The van der Waals surface area contributed by atoms with Crippen LogP contribution in [0.15, 0.2) is 12.4 Å². The van der Waals surface area contributed by atoms with Gasteiger partial charge in [0.05, 0.1) is 21.0 Å². The molecule has 16 heavy (non-hydrogen) atoms. The van der Waals surface area contributed by atoms with E-state index >= 15 is 0 Å². The first kappa shape index (κ1) is 11.7. The predicted molar refractivity (Wildman–Crippen MR) is 63.9 cm³/mol. The Bertz CT molecular complexity index is 584. The summed E-state index contributed by atoms with van der Waals surface area (Å²) in [6, 6.07) is 0. The third-order valence-corrected chi connectivity index (χ3v) is 3.23. The van der Waals surface area contributed by atoms with Gasteiger partial charge in [0.25, 0.3) is 0 Å². The molecule has 7 heteroatoms. The van der Waals surface area contributed by atoms with Crippen LogP contribution >= 0.6 is 35.5 Å². The topological polar surface area (TPSA) is 34.9 Å². The number of nitrogens with zero attached hydrogens (tertiary/aromatic N) is 2. The molecule has 0 radical (unpaired) electrons. The lowest BCUT2D eigenvalue weighted by Gasteiger charge is -2.01. The fraction of sp³-hybridized carbons (Fsp3) is 0.111. The van der Waals surface area contributed by atoms with E-state index in [1.54, 1.807) is 0 Å². The van der Waals surface area contributed by atoms with Crippen LogP contribution in [0.5, 0.6) is 0 Å². The number of Topliss-reactive ketones (excluding diaryl/α,β-unsaturated/α-hetero) is 1. The molecule has 0 atom stereocenters. The van der Waals surface area contributed by atoms with Gasteiger partial charge in [0, 0.05) is 12.4 Å². The van der Waals surface area contributed by atoms with Crippen LogP contribution in [0.25, 0.3) is 11.0 Å². The Morgan fingerprint density at radius 3 is 2.81 bits per heavy atom. The van der Waals surface area contributed by atoms with Gasteiger partial charge in [0.15, 0.2) is 23.8 Å². The van der Waals surface area contributed by atoms with Crippen molar-refractivity contribution in [3.05, 3.63) is 28.0 Å². The summed E-state index contributed by atoms with van der Waals surface area (Å²) in [5, 5.41) is 0.859. The van der Waals surface area contributed by atoms with Crippen molar-refractivity contribution in [3.8, 4) is 0 Å². The summed E-state index contributed by atoms with van der Waals surface area (Å²) in [6.45, 7) is 1.38. The number of ketones is 1. The van der Waals surface area contributed by atoms with Gasteiger partial charge >= 0.3 is 0 Å². The highest BCUT2D eigenvalue weighted by molar-refractivity contribution is 7.92. The number of aromatic nitrogens is 2. The normalized spacial score (nSPS) is 11.0. The third-order valence-electron chi connectivity index (χ3n) is 2.13. The van der Waals surface area contributed by atoms with E-state index in [-0.39, 0.29) is 33.7 Å². The molecule has 0 aliphatic heterocycles. The van der Waals surface area contributed by atoms with Gasteiger partial charge in [0.1, 0.15) is 0 Å². The second-order valence-electron chi connectivity index (χ2n) is 3.11. The maximum atomic E-state index is 12.5. The Hall–Kier alpha value is -0.780. The summed E-state index contributed by atoms with van der Waals surface area (Å²) in [4.78, 5) is 15.2. The summed E-state index contributed by atoms with van der Waals surface area (Å²) in [6.07, 6.45) is 2.68. The highest BCUT2D eigenvalue weighted by Gasteiger charge is 2.17. The summed E-state index contributed by atoms with van der Waals surface area (Å²) in [7, 11) is 0. The van der Waals surface area contributed by atoms with Crippen LogP contribution in [-0.4, -0.2) is 14.7 Å². The number of hydrogen-bond donors (Lipinski definition) is 0. The van der Waals surface area contributed by atoms with Crippen molar-refractivity contribution in [2.24, 2.45) is 0 Å². The second-order valence-corrected chi connectivity index (χ2v) is 4.43. The van der Waals surface area contributed by atoms with Crippen LogP contribution in [0.3, 0.4) is 0 Å². The van der Waals surface area contributed by atoms with Crippen molar-refractivity contribution in [2.45, 2.75) is 6.92 Å². The number of carbonyl (C=O) groups excluding carboxylic acids is 1. The minimum absolute atomic E-state index is 0.0318. The smallest absolute Gasteiger partial charge is 0.171 e. The highest BCUT2D eigenvalue weighted by Crippen LogP contribution is 2.35. The lowest BCUT2D eigenvalue weighted by atomic mass is 10.2. The van der Waals surface area contributed by atoms with Crippen LogP contribution in [0.2, 0.25) is 10.0 Å². The maximum absolute atomic E-state index is 12.5. The minimum atomic E-state index is -0.212. The molecule has 0 spiro atoms. The number of halogens is 3. The highest BCUT2D eigenvalue weighted by atomic mass is 35.5. The molecule has 0 saturated heterocycles. The van der Waals surface area contributed by atoms with Gasteiger partial charge in [-0.3, -0.25) is 4.79 Å². The molecule has 0 saturated carbocycles. The van der Waals surface area contributed by atoms with Crippen LogP contribution < -0.4 is 0 Å². The molecule has 2 aromatic rings. The van der Waals surface area contributed by atoms with Gasteiger partial charge < -0.3 is 0 Å². The largest absolute Gasteiger partial charge is 0.294 e. The molecule has 0 bridgehead atoms. The lowest BCUT2D eigenvalue weighted by molar-refractivity contribution is 0.101. The van der Waals surface area contributed by atoms with Gasteiger partial charge in [-0.15, -0.1) is 3.89 Å². The summed E-state index contributed by atoms with van der Waals surface area (Å²) < 4.78 is 13.7. The maximum Gasteiger partial charge on any atom is 0.171 e. The van der Waals surface area contributed by atoms with Crippen molar-refractivity contribution in [1.82, 2.24) is 8.96 Å². The number of pyridine rings is 1. The van der Waals surface area contributed by atoms with E-state index in [0.29, 0.717) is 11.0 Å². The predicted octanol–water partition coefficient (Wildman–Crippen LogP) is 3.93. The van der Waals surface area contributed by atoms with Gasteiger partial charge in [-0.05, 0) is 6.92 Å². The molecule has 0 aliphatic carbocycles. The minimum Gasteiger partial charge on any atom is -0.294 e. The monoisotopic (exact) mass is 278 g/mol. The van der Waals surface area contributed by atoms with Crippen LogP contribution in [-0.2, 0) is 0 Å². The first-order chi connectivity index (χ1) is 7.56. The van der Waals surface area contributed by atoms with Crippen molar-refractivity contribution in [2.75, 3.05) is 0 Å². The van der Waals surface area contributed by atoms with Gasteiger partial charge in [-0.25, -0.2) is 8.96 Å². The zero-order chi connectivity index (χ0) is 11.9. The molecular weight excluding hydrogens is 274 g/mol. The van der Waals surface area contributed by atoms with E-state index in [0.717, 1.165) is 3.97 Å². The molecule has 0 fully saturated rings. The first-order valence-corrected chi connectivity index (χ1v) is 5.64. The fourth-order valence-electron chi connectivity index (χ4n) is 1.39. The average molecular weight is 279 g/mol. The standard InChI is InChI=1S/C9H5Cl2FN2OS/c1-4(15)5-2-13-9-7(8(5)11)6(10)3-14(9)16-12/h2-3H,1H3. The van der Waals surface area contributed by atoms with Gasteiger partial charge in [0.2, 0.25) is 0 Å². The zero-order valence-electron chi connectivity index (χ0n) is 8.00. The van der Waals surface area contributed by atoms with E-state index in [1.165, 1.54) is 19.3 Å². The molecule has 0 amide bonds. The molecular formula is C9H5Cl2FN2OS. The van der Waals surface area contributed by atoms with Crippen molar-refractivity contribution in [1.29, 1.82) is 0 Å². The zero-order valence-corrected chi connectivity index (χ0v) is 10.3. The molecule has 3 nitrogen and oxygen atoms in total. The molecule has 0 N–H and O–H groups in total. The first-order valence-electron chi connectivity index (χ1n) is 4.21. The summed E-state index contributed by atoms with van der Waals surface area (Å²) in [5.41, 5.74) is 0.574. The Balaban J connectivity index is 2.84. The van der Waals surface area contributed by atoms with Crippen molar-refractivity contribution in [3.63, 3.8) is 0 Å². The van der Waals surface area contributed by atoms with E-state index in [9.17, 15) is 8.68 Å². The Morgan fingerprint density at radius 2 is 2.25 bits per heavy atom. The van der Waals surface area contributed by atoms with E-state index in [2.05, 4.69) is 4.98 Å². The number of hydrogen-bond acceptors (Lipinski definition) is 3. The molecule has 2 aromatic heterocycles. The summed E-state index contributed by atoms with van der Waals surface area (Å²) >= 11 is 11.9. The van der Waals surface area contributed by atoms with Crippen LogP contribution in [0.1, 0.15) is 17.3 Å². The SMILES string of the molecule is CC(=O)c1cnc2c(c(Cl)cn2SF)c1Cl. The van der Waals surface area contributed by atoms with Gasteiger partial charge in [-0.2, -0.15) is 0 Å². The van der Waals surface area contributed by atoms with E-state index < -0.39 is 0 Å². The van der Waals surface area contributed by atoms with E-state index in [4.69, 9.17) is 23.2 Å². The van der Waals surface area contributed by atoms with Crippen molar-refractivity contribution < 1.29 is 8.68 Å². The molecule has 0 unspecified atom stereocenters. The average Bonchev–Trinajstić information content (AvgIpc) is 2.56. The number of rotatable bonds is 2. The molecule has 0 aromatic carbocycles. The number of carbonyl (C=O) groups is 1. The Morgan fingerprint density at radius 1 is 1.56 bits per heavy atom. The second kappa shape index (κ2) is 4.24. The summed E-state index contributed by atoms with van der Waals surface area (Å²) in [5.74, 6) is -0.212. The van der Waals surface area contributed by atoms with Crippen LogP contribution in [0, 0.1) is 0 Å². The lowest BCUT2D eigenvalue weighted by Crippen LogP contribution is -1.96. The van der Waals surface area contributed by atoms with E-state index in [1.807, 2.05) is 0 Å². The Labute approximate surface area is 105 Å². The third kappa shape index (κ3) is 1.69. The molecule has 0 aliphatic rings. The fourth-order valence-corrected chi connectivity index (χ4v) is 2.49. The molecule has 84 valence electrons. The van der Waals surface area contributed by atoms with Crippen molar-refractivity contribution >= 4 is 52.4 Å². The van der Waals surface area contributed by atoms with Gasteiger partial charge in [-0.1, -0.05) is 23.2 Å². The molecule has 2 rings (SSSR count). The quantitative estimate of drug-likeness (QED) is 0.781. The Kier molecular flexibility index (Phi) is 3.10. The van der Waals surface area contributed by atoms with Crippen LogP contribution in [0.4, 0.5) is 3.89 Å². The molecule has 2 heterocycles. The number of fused-ring (bicyclic) bond motifs is 1.